The van der Waals surface area contributed by atoms with Crippen LogP contribution in [0.25, 0.3) is 0 Å². The van der Waals surface area contributed by atoms with Crippen molar-refractivity contribution in [3.05, 3.63) is 46.4 Å². The van der Waals surface area contributed by atoms with Gasteiger partial charge in [0.1, 0.15) is 5.75 Å². The van der Waals surface area contributed by atoms with Crippen LogP contribution in [0, 0.1) is 5.95 Å². The number of aromatic nitrogens is 2. The molecule has 2 aromatic rings. The molecule has 2 rings (SSSR count). The fraction of sp³-hybridized carbons (Fsp3) is 0.182. The van der Waals surface area contributed by atoms with Crippen molar-refractivity contribution in [1.82, 2.24) is 9.78 Å². The Kier molecular flexibility index (Phi) is 3.24. The number of ether oxygens (including phenoxy) is 1. The van der Waals surface area contributed by atoms with Gasteiger partial charge in [0.25, 0.3) is 0 Å². The van der Waals surface area contributed by atoms with E-state index < -0.39 is 5.95 Å². The van der Waals surface area contributed by atoms with E-state index in [-0.39, 0.29) is 0 Å². The van der Waals surface area contributed by atoms with Gasteiger partial charge in [-0.1, -0.05) is 12.1 Å². The van der Waals surface area contributed by atoms with Gasteiger partial charge in [0.2, 0.25) is 5.95 Å². The average Bonchev–Trinajstić information content (AvgIpc) is 2.59. The molecule has 0 saturated carbocycles. The van der Waals surface area contributed by atoms with Crippen LogP contribution < -0.4 is 4.74 Å². The molecular weight excluding hydrogens is 275 g/mol. The van der Waals surface area contributed by atoms with Crippen LogP contribution in [0.4, 0.5) is 4.39 Å². The number of benzene rings is 1. The van der Waals surface area contributed by atoms with Gasteiger partial charge in [0.15, 0.2) is 0 Å². The summed E-state index contributed by atoms with van der Waals surface area (Å²) in [5, 5.41) is 3.72. The smallest absolute Gasteiger partial charge is 0.246 e. The molecule has 0 aliphatic rings. The zero-order chi connectivity index (χ0) is 11.5. The van der Waals surface area contributed by atoms with Crippen molar-refractivity contribution in [2.24, 2.45) is 0 Å². The van der Waals surface area contributed by atoms with E-state index in [0.29, 0.717) is 11.0 Å². The fourth-order valence-corrected chi connectivity index (χ4v) is 1.69. The Labute approximate surface area is 101 Å². The number of methoxy groups -OCH3 is 1. The largest absolute Gasteiger partial charge is 0.497 e. The highest BCUT2D eigenvalue weighted by Gasteiger charge is 2.05. The molecule has 5 heteroatoms. The van der Waals surface area contributed by atoms with Gasteiger partial charge in [-0.2, -0.15) is 4.39 Å². The number of nitrogens with zero attached hydrogens (tertiary/aromatic N) is 2. The Morgan fingerprint density at radius 1 is 1.38 bits per heavy atom. The minimum absolute atomic E-state index is 0.376. The zero-order valence-corrected chi connectivity index (χ0v) is 10.2. The van der Waals surface area contributed by atoms with E-state index in [1.165, 1.54) is 0 Å². The normalized spacial score (nSPS) is 10.4. The van der Waals surface area contributed by atoms with Crippen molar-refractivity contribution >= 4 is 15.9 Å². The van der Waals surface area contributed by atoms with Gasteiger partial charge in [0.05, 0.1) is 18.1 Å². The molecule has 0 unspecified atom stereocenters. The summed E-state index contributed by atoms with van der Waals surface area (Å²) in [4.78, 5) is 0. The van der Waals surface area contributed by atoms with E-state index in [0.717, 1.165) is 11.3 Å². The summed E-state index contributed by atoms with van der Waals surface area (Å²) < 4.78 is 19.9. The second-order valence-electron chi connectivity index (χ2n) is 3.31. The number of halogens is 2. The van der Waals surface area contributed by atoms with E-state index in [2.05, 4.69) is 21.0 Å². The Hall–Kier alpha value is -1.36. The molecule has 84 valence electrons. The molecule has 0 spiro atoms. The highest BCUT2D eigenvalue weighted by Crippen LogP contribution is 2.15. The molecule has 0 saturated heterocycles. The third-order valence-electron chi connectivity index (χ3n) is 2.18. The van der Waals surface area contributed by atoms with Crippen LogP contribution in [0.2, 0.25) is 0 Å². The van der Waals surface area contributed by atoms with Crippen molar-refractivity contribution in [3.8, 4) is 5.75 Å². The fourth-order valence-electron chi connectivity index (χ4n) is 1.37. The Morgan fingerprint density at radius 2 is 2.06 bits per heavy atom. The lowest BCUT2D eigenvalue weighted by molar-refractivity contribution is 0.414. The van der Waals surface area contributed by atoms with Crippen molar-refractivity contribution in [2.45, 2.75) is 6.54 Å². The van der Waals surface area contributed by atoms with E-state index >= 15 is 0 Å². The maximum atomic E-state index is 13.0. The second-order valence-corrected chi connectivity index (χ2v) is 4.17. The second kappa shape index (κ2) is 4.65. The van der Waals surface area contributed by atoms with Crippen LogP contribution in [-0.2, 0) is 6.54 Å². The van der Waals surface area contributed by atoms with Gasteiger partial charge in [0, 0.05) is 6.20 Å². The van der Waals surface area contributed by atoms with E-state index in [1.807, 2.05) is 24.3 Å². The molecule has 0 fully saturated rings. The quantitative estimate of drug-likeness (QED) is 0.867. The van der Waals surface area contributed by atoms with Crippen LogP contribution in [-0.4, -0.2) is 16.9 Å². The molecule has 0 atom stereocenters. The SMILES string of the molecule is COc1ccc(Cn2cc(Br)c(F)n2)cc1. The summed E-state index contributed by atoms with van der Waals surface area (Å²) in [6, 6.07) is 7.58. The standard InChI is InChI=1S/C11H10BrFN2O/c1-16-9-4-2-8(3-5-9)6-15-7-10(12)11(13)14-15/h2-5,7H,6H2,1H3. The minimum atomic E-state index is -0.492. The zero-order valence-electron chi connectivity index (χ0n) is 8.65. The lowest BCUT2D eigenvalue weighted by Crippen LogP contribution is -2.00. The van der Waals surface area contributed by atoms with Gasteiger partial charge in [-0.3, -0.25) is 4.68 Å². The molecule has 0 aliphatic carbocycles. The maximum absolute atomic E-state index is 13.0. The third kappa shape index (κ3) is 2.41. The van der Waals surface area contributed by atoms with Crippen LogP contribution >= 0.6 is 15.9 Å². The van der Waals surface area contributed by atoms with E-state index in [9.17, 15) is 4.39 Å². The van der Waals surface area contributed by atoms with E-state index in [1.54, 1.807) is 18.0 Å². The molecule has 1 aromatic carbocycles. The molecular formula is C11H10BrFN2O. The van der Waals surface area contributed by atoms with E-state index in [4.69, 9.17) is 4.74 Å². The Balaban J connectivity index is 2.14. The van der Waals surface area contributed by atoms with Gasteiger partial charge < -0.3 is 4.74 Å². The summed E-state index contributed by atoms with van der Waals surface area (Å²) in [7, 11) is 1.62. The molecule has 0 radical (unpaired) electrons. The van der Waals surface area contributed by atoms with Crippen molar-refractivity contribution in [1.29, 1.82) is 0 Å². The molecule has 0 bridgehead atoms. The number of hydrogen-bond donors (Lipinski definition) is 0. The van der Waals surface area contributed by atoms with Crippen LogP contribution in [0.15, 0.2) is 34.9 Å². The first-order valence-corrected chi connectivity index (χ1v) is 5.49. The first-order chi connectivity index (χ1) is 7.69. The summed E-state index contributed by atoms with van der Waals surface area (Å²) >= 11 is 3.07. The van der Waals surface area contributed by atoms with Gasteiger partial charge >= 0.3 is 0 Å². The minimum Gasteiger partial charge on any atom is -0.497 e. The third-order valence-corrected chi connectivity index (χ3v) is 2.71. The maximum Gasteiger partial charge on any atom is 0.246 e. The molecule has 0 amide bonds. The van der Waals surface area contributed by atoms with Crippen molar-refractivity contribution in [3.63, 3.8) is 0 Å². The first kappa shape index (κ1) is 11.1. The van der Waals surface area contributed by atoms with Crippen molar-refractivity contribution in [2.75, 3.05) is 7.11 Å². The number of hydrogen-bond acceptors (Lipinski definition) is 2. The predicted octanol–water partition coefficient (Wildman–Crippen LogP) is 2.84. The molecule has 0 N–H and O–H groups in total. The average molecular weight is 285 g/mol. The van der Waals surface area contributed by atoms with Gasteiger partial charge in [-0.05, 0) is 33.6 Å². The molecule has 1 heterocycles. The van der Waals surface area contributed by atoms with Crippen LogP contribution in [0.5, 0.6) is 5.75 Å². The topological polar surface area (TPSA) is 27.1 Å². The molecule has 16 heavy (non-hydrogen) atoms. The summed E-state index contributed by atoms with van der Waals surface area (Å²) in [6.07, 6.45) is 1.61. The summed E-state index contributed by atoms with van der Waals surface area (Å²) in [5.74, 6) is 0.310. The van der Waals surface area contributed by atoms with Crippen LogP contribution in [0.3, 0.4) is 0 Å². The van der Waals surface area contributed by atoms with Crippen molar-refractivity contribution < 1.29 is 9.13 Å². The Morgan fingerprint density at radius 3 is 2.56 bits per heavy atom. The van der Waals surface area contributed by atoms with Gasteiger partial charge in [-0.15, -0.1) is 5.10 Å². The highest BCUT2D eigenvalue weighted by atomic mass is 79.9. The van der Waals surface area contributed by atoms with Crippen LogP contribution in [0.1, 0.15) is 5.56 Å². The monoisotopic (exact) mass is 284 g/mol. The number of rotatable bonds is 3. The molecule has 1 aromatic heterocycles. The summed E-state index contributed by atoms with van der Waals surface area (Å²) in [5.41, 5.74) is 1.04. The van der Waals surface area contributed by atoms with Gasteiger partial charge in [-0.25, -0.2) is 0 Å². The predicted molar refractivity (Wildman–Crippen MR) is 62.0 cm³/mol. The highest BCUT2D eigenvalue weighted by molar-refractivity contribution is 9.10. The molecule has 3 nitrogen and oxygen atoms in total. The summed E-state index contributed by atoms with van der Waals surface area (Å²) in [6.45, 7) is 0.534. The lowest BCUT2D eigenvalue weighted by Gasteiger charge is -2.03. The lowest BCUT2D eigenvalue weighted by atomic mass is 10.2. The Bertz CT molecular complexity index is 462. The molecule has 0 aliphatic heterocycles. The first-order valence-electron chi connectivity index (χ1n) is 4.70.